The summed E-state index contributed by atoms with van der Waals surface area (Å²) in [5, 5.41) is 21.0. The molecule has 20 heavy (non-hydrogen) atoms. The largest absolute Gasteiger partial charge is 0.710 e. The molecule has 1 aliphatic heterocycles. The Morgan fingerprint density at radius 2 is 1.65 bits per heavy atom. The maximum Gasteiger partial charge on any atom is 0.361 e. The number of hydrogen-bond acceptors (Lipinski definition) is 4. The average molecular weight is 271 g/mol. The van der Waals surface area contributed by atoms with Gasteiger partial charge in [-0.3, -0.25) is 0 Å². The first-order valence-electron chi connectivity index (χ1n) is 6.60. The van der Waals surface area contributed by atoms with Crippen molar-refractivity contribution in [2.24, 2.45) is 0 Å². The van der Waals surface area contributed by atoms with Crippen molar-refractivity contribution in [1.82, 2.24) is 10.2 Å². The van der Waals surface area contributed by atoms with E-state index in [-0.39, 0.29) is 0 Å². The molecule has 1 aromatic heterocycles. The highest BCUT2D eigenvalue weighted by atomic mass is 16.5. The molecule has 104 valence electrons. The Balaban J connectivity index is 2.26. The van der Waals surface area contributed by atoms with Crippen LogP contribution < -0.4 is 4.73 Å². The lowest BCUT2D eigenvalue weighted by atomic mass is 10.0. The van der Waals surface area contributed by atoms with Gasteiger partial charge in [-0.05, 0) is 44.9 Å². The monoisotopic (exact) mass is 271 g/mol. The molecule has 0 unspecified atom stereocenters. The second kappa shape index (κ2) is 3.99. The molecule has 0 amide bonds. The van der Waals surface area contributed by atoms with Crippen molar-refractivity contribution < 1.29 is 9.47 Å². The van der Waals surface area contributed by atoms with Gasteiger partial charge in [-0.1, -0.05) is 18.2 Å². The fourth-order valence-electron chi connectivity index (χ4n) is 2.82. The van der Waals surface area contributed by atoms with E-state index in [4.69, 9.17) is 4.74 Å². The van der Waals surface area contributed by atoms with Crippen molar-refractivity contribution in [2.75, 3.05) is 0 Å². The molecule has 1 aromatic carbocycles. The van der Waals surface area contributed by atoms with Gasteiger partial charge >= 0.3 is 5.82 Å². The van der Waals surface area contributed by atoms with Gasteiger partial charge in [-0.25, -0.2) is 4.73 Å². The number of aromatic nitrogens is 3. The van der Waals surface area contributed by atoms with Crippen molar-refractivity contribution in [1.29, 1.82) is 0 Å². The molecule has 0 bridgehead atoms. The Morgan fingerprint density at radius 3 is 2.30 bits per heavy atom. The topological polar surface area (TPSA) is 62.0 Å². The minimum atomic E-state index is -0.681. The van der Waals surface area contributed by atoms with E-state index < -0.39 is 11.2 Å². The van der Waals surface area contributed by atoms with Crippen LogP contribution in [-0.4, -0.2) is 10.2 Å². The van der Waals surface area contributed by atoms with E-state index in [1.807, 2.05) is 58.0 Å². The fraction of sp³-hybridized carbons (Fsp3) is 0.400. The van der Waals surface area contributed by atoms with Crippen molar-refractivity contribution >= 4 is 0 Å². The van der Waals surface area contributed by atoms with Crippen molar-refractivity contribution in [3.8, 4) is 11.4 Å². The smallest absolute Gasteiger partial charge is 0.361 e. The molecule has 0 saturated heterocycles. The maximum atomic E-state index is 12.7. The molecule has 0 fully saturated rings. The highest BCUT2D eigenvalue weighted by Gasteiger charge is 2.50. The predicted molar refractivity (Wildman–Crippen MR) is 73.6 cm³/mol. The van der Waals surface area contributed by atoms with E-state index in [2.05, 4.69) is 10.2 Å². The molecule has 0 saturated carbocycles. The van der Waals surface area contributed by atoms with E-state index in [0.29, 0.717) is 17.2 Å². The molecule has 2 heterocycles. The molecular formula is C15H17N3O2. The molecular weight excluding hydrogens is 254 g/mol. The molecule has 0 aliphatic carbocycles. The van der Waals surface area contributed by atoms with Gasteiger partial charge in [-0.2, -0.15) is 0 Å². The van der Waals surface area contributed by atoms with E-state index in [1.54, 1.807) is 0 Å². The van der Waals surface area contributed by atoms with Crippen molar-refractivity contribution in [3.63, 3.8) is 0 Å². The van der Waals surface area contributed by atoms with Gasteiger partial charge in [0.05, 0.1) is 10.7 Å². The van der Waals surface area contributed by atoms with Gasteiger partial charge in [0.25, 0.3) is 0 Å². The standard InChI is InChI=1S/C15H17N3O2/c1-14(2)11-12(15(3,4)20-14)18(19)13(17-16-11)10-8-6-5-7-9-10/h5-9H,1-4H3. The van der Waals surface area contributed by atoms with Crippen LogP contribution in [0, 0.1) is 5.21 Å². The number of nitrogens with zero attached hydrogens (tertiary/aromatic N) is 3. The highest BCUT2D eigenvalue weighted by molar-refractivity contribution is 5.51. The first-order chi connectivity index (χ1) is 9.33. The van der Waals surface area contributed by atoms with Crippen LogP contribution in [0.2, 0.25) is 0 Å². The van der Waals surface area contributed by atoms with Crippen LogP contribution in [0.4, 0.5) is 0 Å². The lowest BCUT2D eigenvalue weighted by molar-refractivity contribution is -0.612. The van der Waals surface area contributed by atoms with Crippen LogP contribution in [0.5, 0.6) is 0 Å². The zero-order valence-electron chi connectivity index (χ0n) is 12.0. The second-order valence-corrected chi connectivity index (χ2v) is 6.00. The van der Waals surface area contributed by atoms with Gasteiger partial charge in [0, 0.05) is 0 Å². The quantitative estimate of drug-likeness (QED) is 0.589. The average Bonchev–Trinajstić information content (AvgIpc) is 2.56. The Kier molecular flexibility index (Phi) is 2.59. The van der Waals surface area contributed by atoms with Crippen molar-refractivity contribution in [2.45, 2.75) is 38.9 Å². The molecule has 1 aliphatic rings. The Labute approximate surface area is 117 Å². The summed E-state index contributed by atoms with van der Waals surface area (Å²) in [5.74, 6) is 0.304. The van der Waals surface area contributed by atoms with Crippen LogP contribution in [0.25, 0.3) is 11.4 Å². The predicted octanol–water partition coefficient (Wildman–Crippen LogP) is 2.28. The molecule has 0 atom stereocenters. The van der Waals surface area contributed by atoms with Crippen LogP contribution in [0.1, 0.15) is 39.1 Å². The minimum Gasteiger partial charge on any atom is -0.710 e. The summed E-state index contributed by atoms with van der Waals surface area (Å²) >= 11 is 0. The number of fused-ring (bicyclic) bond motifs is 1. The summed E-state index contributed by atoms with van der Waals surface area (Å²) in [6, 6.07) is 9.33. The Morgan fingerprint density at radius 1 is 1.00 bits per heavy atom. The Hall–Kier alpha value is -2.01. The minimum absolute atomic E-state index is 0.304. The zero-order chi connectivity index (χ0) is 14.5. The van der Waals surface area contributed by atoms with Gasteiger partial charge in [0.1, 0.15) is 11.2 Å². The number of rotatable bonds is 1. The molecule has 0 spiro atoms. The third-order valence-electron chi connectivity index (χ3n) is 3.55. The number of benzene rings is 1. The van der Waals surface area contributed by atoms with E-state index in [0.717, 1.165) is 10.3 Å². The van der Waals surface area contributed by atoms with Crippen molar-refractivity contribution in [3.05, 3.63) is 46.9 Å². The third-order valence-corrected chi connectivity index (χ3v) is 3.55. The molecule has 5 nitrogen and oxygen atoms in total. The van der Waals surface area contributed by atoms with Gasteiger partial charge in [0.15, 0.2) is 11.4 Å². The zero-order valence-corrected chi connectivity index (χ0v) is 12.0. The van der Waals surface area contributed by atoms with Gasteiger partial charge < -0.3 is 9.94 Å². The Bertz CT molecular complexity index is 666. The van der Waals surface area contributed by atoms with Crippen LogP contribution >= 0.6 is 0 Å². The SMILES string of the molecule is CC1(C)OC(C)(C)c2c1nnc(-c1ccccc1)[n+]2[O-]. The van der Waals surface area contributed by atoms with Crippen LogP contribution in [0.15, 0.2) is 30.3 Å². The highest BCUT2D eigenvalue weighted by Crippen LogP contribution is 2.43. The van der Waals surface area contributed by atoms with Crippen LogP contribution in [-0.2, 0) is 15.9 Å². The molecule has 5 heteroatoms. The molecule has 0 radical (unpaired) electrons. The summed E-state index contributed by atoms with van der Waals surface area (Å²) in [7, 11) is 0. The number of ether oxygens (including phenoxy) is 1. The summed E-state index contributed by atoms with van der Waals surface area (Å²) in [6.45, 7) is 7.56. The van der Waals surface area contributed by atoms with Crippen LogP contribution in [0.3, 0.4) is 0 Å². The summed E-state index contributed by atoms with van der Waals surface area (Å²) < 4.78 is 6.81. The maximum absolute atomic E-state index is 12.7. The van der Waals surface area contributed by atoms with E-state index >= 15 is 0 Å². The van der Waals surface area contributed by atoms with Gasteiger partial charge in [-0.15, -0.1) is 0 Å². The summed E-state index contributed by atoms with van der Waals surface area (Å²) in [5.41, 5.74) is 0.611. The lowest BCUT2D eigenvalue weighted by Crippen LogP contribution is -2.42. The third kappa shape index (κ3) is 1.78. The van der Waals surface area contributed by atoms with E-state index in [1.165, 1.54) is 0 Å². The number of hydrogen-bond donors (Lipinski definition) is 0. The lowest BCUT2D eigenvalue weighted by Gasteiger charge is -2.23. The summed E-state index contributed by atoms with van der Waals surface area (Å²) in [6.07, 6.45) is 0. The van der Waals surface area contributed by atoms with E-state index in [9.17, 15) is 5.21 Å². The second-order valence-electron chi connectivity index (χ2n) is 6.00. The first-order valence-corrected chi connectivity index (χ1v) is 6.60. The summed E-state index contributed by atoms with van der Waals surface area (Å²) in [4.78, 5) is 0. The normalized spacial score (nSPS) is 18.8. The molecule has 2 aromatic rings. The van der Waals surface area contributed by atoms with Gasteiger partial charge in [0.2, 0.25) is 0 Å². The molecule has 0 N–H and O–H groups in total. The molecule has 3 rings (SSSR count). The first kappa shape index (κ1) is 13.0. The fourth-order valence-corrected chi connectivity index (χ4v) is 2.82.